The highest BCUT2D eigenvalue weighted by Crippen LogP contribution is 2.26. The first-order valence-corrected chi connectivity index (χ1v) is 7.16. The zero-order chi connectivity index (χ0) is 16.4. The van der Waals surface area contributed by atoms with E-state index in [9.17, 15) is 13.6 Å². The summed E-state index contributed by atoms with van der Waals surface area (Å²) in [5, 5.41) is 6.46. The number of carbonyl (C=O) groups is 1. The molecule has 1 atom stereocenters. The Kier molecular flexibility index (Phi) is 4.25. The molecule has 0 fully saturated rings. The van der Waals surface area contributed by atoms with E-state index in [4.69, 9.17) is 16.4 Å². The summed E-state index contributed by atoms with van der Waals surface area (Å²) in [5.41, 5.74) is 0.679. The fourth-order valence-electron chi connectivity index (χ4n) is 2.23. The number of hydrogen-bond acceptors (Lipinski definition) is 3. The molecule has 3 rings (SSSR count). The van der Waals surface area contributed by atoms with E-state index in [0.29, 0.717) is 5.69 Å². The molecule has 118 valence electrons. The van der Waals surface area contributed by atoms with Gasteiger partial charge in [0.2, 0.25) is 6.10 Å². The van der Waals surface area contributed by atoms with Crippen LogP contribution in [0.15, 0.2) is 47.6 Å². The van der Waals surface area contributed by atoms with Crippen LogP contribution >= 0.6 is 11.6 Å². The van der Waals surface area contributed by atoms with Gasteiger partial charge in [-0.25, -0.2) is 8.78 Å². The third-order valence-electron chi connectivity index (χ3n) is 3.30. The van der Waals surface area contributed by atoms with Crippen molar-refractivity contribution in [1.29, 1.82) is 0 Å². The fraction of sp³-hybridized carbons (Fsp3) is 0.125. The van der Waals surface area contributed by atoms with Crippen molar-refractivity contribution in [3.05, 3.63) is 64.7 Å². The van der Waals surface area contributed by atoms with Gasteiger partial charge in [0, 0.05) is 12.1 Å². The number of nitrogens with one attached hydrogen (secondary N) is 1. The molecule has 1 unspecified atom stereocenters. The van der Waals surface area contributed by atoms with Gasteiger partial charge in [0.1, 0.15) is 11.6 Å². The standard InChI is InChI=1S/C16H11ClF2N2O2/c17-11-5-2-6-12(19)15(11)13-8-14(23-21-13)16(22)20-10-4-1-3-9(18)7-10/h1-7,14H,8H2,(H,20,22). The second-order valence-corrected chi connectivity index (χ2v) is 5.34. The van der Waals surface area contributed by atoms with Crippen LogP contribution in [0.25, 0.3) is 0 Å². The number of oxime groups is 1. The van der Waals surface area contributed by atoms with Crippen LogP contribution in [0.5, 0.6) is 0 Å². The van der Waals surface area contributed by atoms with Crippen LogP contribution in [0.1, 0.15) is 12.0 Å². The number of benzene rings is 2. The SMILES string of the molecule is O=C(Nc1cccc(F)c1)C1CC(c2c(F)cccc2Cl)=NO1. The average Bonchev–Trinajstić information content (AvgIpc) is 2.97. The molecular weight excluding hydrogens is 326 g/mol. The van der Waals surface area contributed by atoms with Crippen LogP contribution in [-0.4, -0.2) is 17.7 Å². The van der Waals surface area contributed by atoms with Crippen LogP contribution < -0.4 is 5.32 Å². The molecule has 0 saturated carbocycles. The van der Waals surface area contributed by atoms with Crippen LogP contribution in [-0.2, 0) is 9.63 Å². The van der Waals surface area contributed by atoms with E-state index in [-0.39, 0.29) is 22.7 Å². The minimum atomic E-state index is -0.927. The molecule has 0 radical (unpaired) electrons. The summed E-state index contributed by atoms with van der Waals surface area (Å²) in [5.74, 6) is -1.50. The van der Waals surface area contributed by atoms with Gasteiger partial charge in [0.15, 0.2) is 0 Å². The lowest BCUT2D eigenvalue weighted by Gasteiger charge is -2.09. The first-order chi connectivity index (χ1) is 11.0. The Morgan fingerprint density at radius 2 is 2.04 bits per heavy atom. The number of hydrogen-bond donors (Lipinski definition) is 1. The summed E-state index contributed by atoms with van der Waals surface area (Å²) < 4.78 is 27.0. The van der Waals surface area contributed by atoms with Crippen molar-refractivity contribution in [3.8, 4) is 0 Å². The molecule has 1 amide bonds. The second kappa shape index (κ2) is 6.34. The number of rotatable bonds is 3. The second-order valence-electron chi connectivity index (χ2n) is 4.93. The predicted octanol–water partition coefficient (Wildman–Crippen LogP) is 3.75. The number of halogens is 3. The maximum Gasteiger partial charge on any atom is 0.268 e. The summed E-state index contributed by atoms with van der Waals surface area (Å²) in [6, 6.07) is 9.73. The van der Waals surface area contributed by atoms with Gasteiger partial charge in [-0.2, -0.15) is 0 Å². The van der Waals surface area contributed by atoms with Gasteiger partial charge in [-0.05, 0) is 30.3 Å². The highest BCUT2D eigenvalue weighted by Gasteiger charge is 2.31. The Labute approximate surface area is 135 Å². The van der Waals surface area contributed by atoms with Gasteiger partial charge in [-0.1, -0.05) is 28.9 Å². The third-order valence-corrected chi connectivity index (χ3v) is 3.62. The van der Waals surface area contributed by atoms with Crippen LogP contribution in [0.3, 0.4) is 0 Å². The highest BCUT2D eigenvalue weighted by molar-refractivity contribution is 6.34. The molecule has 23 heavy (non-hydrogen) atoms. The third kappa shape index (κ3) is 3.32. The molecule has 1 N–H and O–H groups in total. The lowest BCUT2D eigenvalue weighted by atomic mass is 10.0. The predicted molar refractivity (Wildman–Crippen MR) is 82.5 cm³/mol. The number of anilines is 1. The van der Waals surface area contributed by atoms with Crippen molar-refractivity contribution in [2.45, 2.75) is 12.5 Å². The molecule has 0 aliphatic carbocycles. The van der Waals surface area contributed by atoms with Gasteiger partial charge in [0.05, 0.1) is 16.3 Å². The van der Waals surface area contributed by atoms with Gasteiger partial charge >= 0.3 is 0 Å². The molecule has 1 aliphatic heterocycles. The number of nitrogens with zero attached hydrogens (tertiary/aromatic N) is 1. The molecule has 1 aliphatic rings. The van der Waals surface area contributed by atoms with Gasteiger partial charge < -0.3 is 10.2 Å². The monoisotopic (exact) mass is 336 g/mol. The highest BCUT2D eigenvalue weighted by atomic mass is 35.5. The van der Waals surface area contributed by atoms with Crippen molar-refractivity contribution in [2.75, 3.05) is 5.32 Å². The smallest absolute Gasteiger partial charge is 0.268 e. The largest absolute Gasteiger partial charge is 0.382 e. The van der Waals surface area contributed by atoms with Gasteiger partial charge in [-0.15, -0.1) is 0 Å². The molecule has 2 aromatic rings. The summed E-state index contributed by atoms with van der Waals surface area (Å²) in [6.07, 6.45) is -0.856. The first-order valence-electron chi connectivity index (χ1n) is 6.78. The van der Waals surface area contributed by atoms with E-state index in [0.717, 1.165) is 0 Å². The molecular formula is C16H11ClF2N2O2. The summed E-state index contributed by atoms with van der Waals surface area (Å²) in [6.45, 7) is 0. The van der Waals surface area contributed by atoms with E-state index in [2.05, 4.69) is 10.5 Å². The van der Waals surface area contributed by atoms with Crippen LogP contribution in [0.2, 0.25) is 5.02 Å². The van der Waals surface area contributed by atoms with Crippen molar-refractivity contribution in [1.82, 2.24) is 0 Å². The Morgan fingerprint density at radius 3 is 2.78 bits per heavy atom. The van der Waals surface area contributed by atoms with E-state index in [1.54, 1.807) is 6.07 Å². The van der Waals surface area contributed by atoms with Crippen LogP contribution in [0.4, 0.5) is 14.5 Å². The summed E-state index contributed by atoms with van der Waals surface area (Å²) >= 11 is 5.97. The van der Waals surface area contributed by atoms with E-state index in [1.807, 2.05) is 0 Å². The van der Waals surface area contributed by atoms with Crippen molar-refractivity contribution < 1.29 is 18.4 Å². The fourth-order valence-corrected chi connectivity index (χ4v) is 2.50. The minimum absolute atomic E-state index is 0.0712. The van der Waals surface area contributed by atoms with Crippen LogP contribution in [0, 0.1) is 11.6 Å². The molecule has 0 spiro atoms. The maximum absolute atomic E-state index is 13.9. The average molecular weight is 337 g/mol. The van der Waals surface area contributed by atoms with Crippen molar-refractivity contribution in [2.24, 2.45) is 5.16 Å². The van der Waals surface area contributed by atoms with E-state index in [1.165, 1.54) is 36.4 Å². The topological polar surface area (TPSA) is 50.7 Å². The quantitative estimate of drug-likeness (QED) is 0.928. The zero-order valence-corrected chi connectivity index (χ0v) is 12.5. The van der Waals surface area contributed by atoms with Gasteiger partial charge in [-0.3, -0.25) is 4.79 Å². The van der Waals surface area contributed by atoms with E-state index < -0.39 is 23.6 Å². The molecule has 4 nitrogen and oxygen atoms in total. The molecule has 0 bridgehead atoms. The summed E-state index contributed by atoms with van der Waals surface area (Å²) in [4.78, 5) is 17.2. The molecule has 1 heterocycles. The van der Waals surface area contributed by atoms with Crippen molar-refractivity contribution >= 4 is 28.9 Å². The maximum atomic E-state index is 13.9. The lowest BCUT2D eigenvalue weighted by molar-refractivity contribution is -0.125. The Balaban J connectivity index is 1.70. The normalized spacial score (nSPS) is 16.7. The van der Waals surface area contributed by atoms with E-state index >= 15 is 0 Å². The Morgan fingerprint density at radius 1 is 1.26 bits per heavy atom. The lowest BCUT2D eigenvalue weighted by Crippen LogP contribution is -2.28. The number of amides is 1. The Bertz CT molecular complexity index is 775. The zero-order valence-electron chi connectivity index (χ0n) is 11.7. The molecule has 0 saturated heterocycles. The molecule has 2 aromatic carbocycles. The molecule has 7 heteroatoms. The Hall–Kier alpha value is -2.47. The molecule has 0 aromatic heterocycles. The van der Waals surface area contributed by atoms with Crippen molar-refractivity contribution in [3.63, 3.8) is 0 Å². The minimum Gasteiger partial charge on any atom is -0.382 e. The van der Waals surface area contributed by atoms with Gasteiger partial charge in [0.25, 0.3) is 5.91 Å². The number of carbonyl (C=O) groups excluding carboxylic acids is 1. The first kappa shape index (κ1) is 15.4. The summed E-state index contributed by atoms with van der Waals surface area (Å²) in [7, 11) is 0.